The highest BCUT2D eigenvalue weighted by atomic mass is 35.5. The molecule has 0 bridgehead atoms. The molecule has 0 saturated heterocycles. The van der Waals surface area contributed by atoms with E-state index in [2.05, 4.69) is 25.1 Å². The van der Waals surface area contributed by atoms with Gasteiger partial charge in [-0.25, -0.2) is 10.2 Å². The number of H-pyrrole nitrogens is 1. The van der Waals surface area contributed by atoms with Crippen LogP contribution in [0.5, 0.6) is 5.88 Å². The topological polar surface area (TPSA) is 140 Å². The molecule has 0 aliphatic heterocycles. The lowest BCUT2D eigenvalue weighted by Crippen LogP contribution is -2.18. The number of fused-ring (bicyclic) bond motifs is 1. The van der Waals surface area contributed by atoms with E-state index in [-0.39, 0.29) is 17.3 Å². The first kappa shape index (κ1) is 21.1. The van der Waals surface area contributed by atoms with E-state index in [1.165, 1.54) is 12.2 Å². The zero-order chi connectivity index (χ0) is 21.5. The smallest absolute Gasteiger partial charge is 0.356 e. The third-order valence-electron chi connectivity index (χ3n) is 3.71. The van der Waals surface area contributed by atoms with Gasteiger partial charge in [-0.05, 0) is 29.8 Å². The van der Waals surface area contributed by atoms with Gasteiger partial charge in [0.25, 0.3) is 0 Å². The number of carboxylic acid groups (broad SMARTS) is 1. The van der Waals surface area contributed by atoms with Crippen LogP contribution in [0.2, 0.25) is 5.02 Å². The molecule has 9 nitrogen and oxygen atoms in total. The minimum Gasteiger partial charge on any atom is -0.493 e. The molecule has 1 aromatic heterocycles. The third-order valence-corrected chi connectivity index (χ3v) is 4.39. The molecule has 0 aliphatic rings. The second kappa shape index (κ2) is 9.72. The van der Waals surface area contributed by atoms with E-state index in [0.717, 1.165) is 0 Å². The number of aliphatic carboxylic acids is 1. The van der Waals surface area contributed by atoms with Crippen LogP contribution in [0.4, 0.5) is 10.5 Å². The van der Waals surface area contributed by atoms with Gasteiger partial charge in [-0.2, -0.15) is 5.10 Å². The predicted octanol–water partition coefficient (Wildman–Crippen LogP) is 5.12. The molecule has 3 aromatic rings. The van der Waals surface area contributed by atoms with E-state index in [4.69, 9.17) is 11.6 Å². The third kappa shape index (κ3) is 5.46. The number of nitrogens with one attached hydrogen (secondary N) is 2. The first-order valence-electron chi connectivity index (χ1n) is 8.36. The van der Waals surface area contributed by atoms with Gasteiger partial charge in [0.1, 0.15) is 0 Å². The number of carboxylic acids is 1. The van der Waals surface area contributed by atoms with Gasteiger partial charge in [0.05, 0.1) is 17.5 Å². The summed E-state index contributed by atoms with van der Waals surface area (Å²) in [4.78, 5) is 25.9. The number of aromatic amines is 1. The number of hydrazone groups is 1. The molecule has 30 heavy (non-hydrogen) atoms. The predicted molar refractivity (Wildman–Crippen MR) is 116 cm³/mol. The van der Waals surface area contributed by atoms with Gasteiger partial charge in [-0.1, -0.05) is 48.0 Å². The minimum absolute atomic E-state index is 0.181. The van der Waals surface area contributed by atoms with Crippen LogP contribution in [-0.4, -0.2) is 32.1 Å². The number of rotatable bonds is 6. The summed E-state index contributed by atoms with van der Waals surface area (Å²) in [6.07, 6.45) is 2.75. The summed E-state index contributed by atoms with van der Waals surface area (Å²) in [6, 6.07) is 13.8. The number of halogens is 1. The average molecular weight is 444 g/mol. The molecule has 1 amide bonds. The zero-order valence-corrected chi connectivity index (χ0v) is 16.7. The Labute approximate surface area is 179 Å². The molecule has 0 saturated carbocycles. The number of aromatic nitrogens is 1. The number of carbonyl (C=O) groups is 2. The van der Waals surface area contributed by atoms with Crippen LogP contribution in [0.3, 0.4) is 0 Å². The zero-order valence-electron chi connectivity index (χ0n) is 15.1. The van der Waals surface area contributed by atoms with Crippen LogP contribution in [0.15, 0.2) is 69.3 Å². The summed E-state index contributed by atoms with van der Waals surface area (Å²) in [7, 11) is 0. The van der Waals surface area contributed by atoms with Crippen LogP contribution in [0, 0.1) is 0 Å². The Bertz CT molecular complexity index is 1170. The summed E-state index contributed by atoms with van der Waals surface area (Å²) in [6.45, 7) is 0. The number of carbonyl (C=O) groups excluding carboxylic acids is 1. The molecule has 1 heterocycles. The summed E-state index contributed by atoms with van der Waals surface area (Å²) in [5.41, 5.74) is 3.26. The average Bonchev–Trinajstić information content (AvgIpc) is 3.04. The lowest BCUT2D eigenvalue weighted by Gasteiger charge is -1.97. The van der Waals surface area contributed by atoms with E-state index in [9.17, 15) is 19.8 Å². The Kier molecular flexibility index (Phi) is 6.83. The van der Waals surface area contributed by atoms with Crippen molar-refractivity contribution in [2.24, 2.45) is 14.7 Å². The van der Waals surface area contributed by atoms with Gasteiger partial charge in [0.2, 0.25) is 5.88 Å². The highest BCUT2D eigenvalue weighted by Gasteiger charge is 2.10. The number of amides is 1. The highest BCUT2D eigenvalue weighted by Crippen LogP contribution is 2.35. The van der Waals surface area contributed by atoms with Gasteiger partial charge in [0.15, 0.2) is 11.4 Å². The quantitative estimate of drug-likeness (QED) is 0.181. The van der Waals surface area contributed by atoms with Crippen LogP contribution in [-0.2, 0) is 4.79 Å². The molecule has 11 heteroatoms. The number of aromatic hydroxyl groups is 1. The highest BCUT2D eigenvalue weighted by molar-refractivity contribution is 8.12. The maximum atomic E-state index is 11.8. The first-order valence-corrected chi connectivity index (χ1v) is 9.51. The summed E-state index contributed by atoms with van der Waals surface area (Å²) >= 11 is 6.20. The van der Waals surface area contributed by atoms with Crippen molar-refractivity contribution < 1.29 is 19.8 Å². The van der Waals surface area contributed by atoms with Gasteiger partial charge >= 0.3 is 11.2 Å². The molecular formula is C19H14ClN5O4S. The van der Waals surface area contributed by atoms with Crippen LogP contribution >= 0.6 is 23.5 Å². The fourth-order valence-electron chi connectivity index (χ4n) is 2.34. The van der Waals surface area contributed by atoms with Gasteiger partial charge < -0.3 is 15.2 Å². The molecule has 0 spiro atoms. The summed E-state index contributed by atoms with van der Waals surface area (Å²) < 4.78 is 3.65. The van der Waals surface area contributed by atoms with Crippen molar-refractivity contribution in [1.29, 1.82) is 0 Å². The molecule has 2 aromatic carbocycles. The Balaban J connectivity index is 1.62. The molecule has 4 N–H and O–H groups in total. The number of para-hydroxylation sites is 1. The van der Waals surface area contributed by atoms with E-state index in [0.29, 0.717) is 33.4 Å². The summed E-state index contributed by atoms with van der Waals surface area (Å²) in [5, 5.41) is 26.9. The van der Waals surface area contributed by atoms with Crippen molar-refractivity contribution in [2.75, 3.05) is 0 Å². The normalized spacial score (nSPS) is 12.1. The van der Waals surface area contributed by atoms with Crippen molar-refractivity contribution in [2.45, 2.75) is 0 Å². The molecule has 152 valence electrons. The molecule has 0 fully saturated rings. The van der Waals surface area contributed by atoms with Crippen molar-refractivity contribution in [1.82, 2.24) is 10.4 Å². The molecule has 3 rings (SSSR count). The standard InChI is InChI=1S/C19H14ClN5O4S/c20-12-8-5-11(6-9-12)7-10-15(18(27)28)22-24-19(29)30-25-23-16-13-3-1-2-4-14(13)21-17(16)26/h1-10,21,26H,(H,24,29)(H,27,28)/b10-7+,22-15-,25-23?. The number of hydrogen-bond acceptors (Lipinski definition) is 7. The second-order valence-corrected chi connectivity index (χ2v) is 6.88. The number of nitrogens with zero attached hydrogens (tertiary/aromatic N) is 3. The minimum atomic E-state index is -1.32. The fraction of sp³-hybridized carbons (Fsp3) is 0. The largest absolute Gasteiger partial charge is 0.493 e. The number of benzene rings is 2. The number of hydrogen-bond donors (Lipinski definition) is 4. The summed E-state index contributed by atoms with van der Waals surface area (Å²) in [5.74, 6) is -1.50. The maximum Gasteiger partial charge on any atom is 0.356 e. The monoisotopic (exact) mass is 443 g/mol. The van der Waals surface area contributed by atoms with Crippen LogP contribution < -0.4 is 5.43 Å². The fourth-order valence-corrected chi connectivity index (χ4v) is 2.75. The second-order valence-electron chi connectivity index (χ2n) is 5.73. The van der Waals surface area contributed by atoms with Crippen LogP contribution in [0.25, 0.3) is 17.0 Å². The molecule has 0 atom stereocenters. The molecular weight excluding hydrogens is 430 g/mol. The Hall–Kier alpha value is -3.63. The Morgan fingerprint density at radius 2 is 1.87 bits per heavy atom. The maximum absolute atomic E-state index is 11.8. The van der Waals surface area contributed by atoms with Crippen molar-refractivity contribution in [3.05, 3.63) is 65.2 Å². The molecule has 0 aliphatic carbocycles. The lowest BCUT2D eigenvalue weighted by atomic mass is 10.2. The first-order chi connectivity index (χ1) is 14.4. The van der Waals surface area contributed by atoms with Gasteiger partial charge in [-0.15, -0.1) is 9.63 Å². The lowest BCUT2D eigenvalue weighted by molar-refractivity contribution is -0.129. The van der Waals surface area contributed by atoms with E-state index in [1.54, 1.807) is 48.5 Å². The Morgan fingerprint density at radius 3 is 2.60 bits per heavy atom. The molecule has 0 radical (unpaired) electrons. The van der Waals surface area contributed by atoms with Crippen molar-refractivity contribution >= 4 is 63.1 Å². The van der Waals surface area contributed by atoms with Crippen molar-refractivity contribution in [3.8, 4) is 5.88 Å². The van der Waals surface area contributed by atoms with Gasteiger partial charge in [0, 0.05) is 10.4 Å². The van der Waals surface area contributed by atoms with Gasteiger partial charge in [-0.3, -0.25) is 4.79 Å². The van der Waals surface area contributed by atoms with E-state index in [1.807, 2.05) is 0 Å². The Morgan fingerprint density at radius 1 is 1.13 bits per heavy atom. The van der Waals surface area contributed by atoms with Crippen LogP contribution in [0.1, 0.15) is 5.56 Å². The SMILES string of the molecule is O=C(N/N=C(/C=C/c1ccc(Cl)cc1)C(=O)O)SN=Nc1c(O)[nH]c2ccccc12. The molecule has 0 unspecified atom stereocenters. The van der Waals surface area contributed by atoms with E-state index >= 15 is 0 Å². The van der Waals surface area contributed by atoms with E-state index < -0.39 is 11.2 Å². The van der Waals surface area contributed by atoms with Crippen molar-refractivity contribution in [3.63, 3.8) is 0 Å².